The summed E-state index contributed by atoms with van der Waals surface area (Å²) in [5.74, 6) is -0.388. The van der Waals surface area contributed by atoms with Gasteiger partial charge in [-0.15, -0.1) is 0 Å². The van der Waals surface area contributed by atoms with Gasteiger partial charge >= 0.3 is 0 Å². The van der Waals surface area contributed by atoms with E-state index in [-0.39, 0.29) is 17.3 Å². The van der Waals surface area contributed by atoms with Gasteiger partial charge in [0.25, 0.3) is 0 Å². The second-order valence-corrected chi connectivity index (χ2v) is 7.42. The van der Waals surface area contributed by atoms with Crippen LogP contribution in [-0.2, 0) is 41.5 Å². The highest BCUT2D eigenvalue weighted by Crippen LogP contribution is 2.16. The van der Waals surface area contributed by atoms with Gasteiger partial charge in [-0.2, -0.15) is 5.10 Å². The van der Waals surface area contributed by atoms with Crippen molar-refractivity contribution in [1.82, 2.24) is 25.1 Å². The molecule has 0 aliphatic carbocycles. The van der Waals surface area contributed by atoms with Gasteiger partial charge in [0.2, 0.25) is 15.9 Å². The van der Waals surface area contributed by atoms with Crippen LogP contribution in [0.3, 0.4) is 0 Å². The zero-order valence-corrected chi connectivity index (χ0v) is 14.1. The fraction of sp³-hybridized carbons (Fsp3) is 0.333. The number of hydrogen-bond donors (Lipinski definition) is 3. The zero-order chi connectivity index (χ0) is 17.2. The summed E-state index contributed by atoms with van der Waals surface area (Å²) in [7, 11) is -2.11. The molecule has 1 aliphatic rings. The van der Waals surface area contributed by atoms with Gasteiger partial charge in [0.05, 0.1) is 12.7 Å². The molecule has 0 radical (unpaired) electrons. The molecule has 3 N–H and O–H groups in total. The molecular weight excluding hydrogens is 330 g/mol. The summed E-state index contributed by atoms with van der Waals surface area (Å²) in [5.41, 5.74) is 3.49. The van der Waals surface area contributed by atoms with Crippen molar-refractivity contribution in [3.63, 3.8) is 0 Å². The van der Waals surface area contributed by atoms with E-state index in [1.807, 2.05) is 12.1 Å². The first kappa shape index (κ1) is 16.6. The quantitative estimate of drug-likeness (QED) is 0.659. The largest absolute Gasteiger partial charge is 0.351 e. The Balaban J connectivity index is 1.51. The second-order valence-electron chi connectivity index (χ2n) is 5.66. The molecule has 2 aromatic rings. The number of carbonyl (C=O) groups is 1. The average Bonchev–Trinajstić information content (AvgIpc) is 3.19. The smallest absolute Gasteiger partial charge is 0.244 e. The molecule has 1 aliphatic heterocycles. The van der Waals surface area contributed by atoms with Gasteiger partial charge in [-0.1, -0.05) is 18.2 Å². The first-order valence-electron chi connectivity index (χ1n) is 7.50. The highest BCUT2D eigenvalue weighted by atomic mass is 32.2. The summed E-state index contributed by atoms with van der Waals surface area (Å²) in [6.45, 7) is 1.75. The number of aryl methyl sites for hydroxylation is 1. The topological polar surface area (TPSA) is 105 Å². The monoisotopic (exact) mass is 349 g/mol. The number of nitrogens with zero attached hydrogens (tertiary/aromatic N) is 2. The van der Waals surface area contributed by atoms with Gasteiger partial charge in [0.15, 0.2) is 0 Å². The number of hydrogen-bond acceptors (Lipinski definition) is 5. The maximum Gasteiger partial charge on any atom is 0.244 e. The van der Waals surface area contributed by atoms with Gasteiger partial charge < -0.3 is 10.6 Å². The zero-order valence-electron chi connectivity index (χ0n) is 13.2. The molecule has 0 fully saturated rings. The summed E-state index contributed by atoms with van der Waals surface area (Å²) in [6.07, 6.45) is 2.61. The van der Waals surface area contributed by atoms with Gasteiger partial charge in [-0.3, -0.25) is 9.48 Å². The van der Waals surface area contributed by atoms with E-state index in [1.165, 1.54) is 28.2 Å². The second kappa shape index (κ2) is 6.71. The molecule has 0 spiro atoms. The number of aromatic nitrogens is 2. The van der Waals surface area contributed by atoms with Crippen LogP contribution in [0.1, 0.15) is 16.7 Å². The van der Waals surface area contributed by atoms with Crippen LogP contribution in [0, 0.1) is 0 Å². The fourth-order valence-electron chi connectivity index (χ4n) is 2.50. The first-order chi connectivity index (χ1) is 11.4. The van der Waals surface area contributed by atoms with Crippen molar-refractivity contribution in [2.75, 3.05) is 6.54 Å². The first-order valence-corrected chi connectivity index (χ1v) is 8.99. The van der Waals surface area contributed by atoms with Gasteiger partial charge in [0.1, 0.15) is 4.90 Å². The Kier molecular flexibility index (Phi) is 4.65. The molecule has 128 valence electrons. The van der Waals surface area contributed by atoms with Crippen LogP contribution in [0.4, 0.5) is 0 Å². The molecule has 0 unspecified atom stereocenters. The highest BCUT2D eigenvalue weighted by molar-refractivity contribution is 7.89. The van der Waals surface area contributed by atoms with E-state index in [9.17, 15) is 13.2 Å². The molecule has 9 heteroatoms. The van der Waals surface area contributed by atoms with Crippen LogP contribution in [-0.4, -0.2) is 30.7 Å². The minimum Gasteiger partial charge on any atom is -0.351 e. The number of rotatable bonds is 6. The lowest BCUT2D eigenvalue weighted by Gasteiger charge is -2.08. The Bertz CT molecular complexity index is 860. The van der Waals surface area contributed by atoms with Crippen LogP contribution in [0.25, 0.3) is 0 Å². The lowest BCUT2D eigenvalue weighted by Crippen LogP contribution is -2.36. The summed E-state index contributed by atoms with van der Waals surface area (Å²) in [4.78, 5) is 11.9. The van der Waals surface area contributed by atoms with Crippen molar-refractivity contribution >= 4 is 15.9 Å². The Morgan fingerprint density at radius 2 is 2.12 bits per heavy atom. The van der Waals surface area contributed by atoms with E-state index >= 15 is 0 Å². The standard InChI is InChI=1S/C15H19N5O3S/c1-20-10-14(8-18-20)24(22,23)19-9-15(21)17-5-11-2-3-12-6-16-7-13(12)4-11/h2-4,8,10,16,19H,5-7,9H2,1H3,(H,17,21). The predicted octanol–water partition coefficient (Wildman–Crippen LogP) is -0.382. The Morgan fingerprint density at radius 1 is 1.33 bits per heavy atom. The summed E-state index contributed by atoms with van der Waals surface area (Å²) < 4.78 is 27.7. The van der Waals surface area contributed by atoms with Crippen molar-refractivity contribution in [3.05, 3.63) is 47.3 Å². The normalized spacial score (nSPS) is 13.7. The third-order valence-electron chi connectivity index (χ3n) is 3.81. The van der Waals surface area contributed by atoms with Crippen LogP contribution in [0.5, 0.6) is 0 Å². The van der Waals surface area contributed by atoms with E-state index in [4.69, 9.17) is 0 Å². The van der Waals surface area contributed by atoms with Crippen LogP contribution in [0.15, 0.2) is 35.5 Å². The molecular formula is C15H19N5O3S. The van der Waals surface area contributed by atoms with Gasteiger partial charge in [-0.25, -0.2) is 13.1 Å². The molecule has 24 heavy (non-hydrogen) atoms. The van der Waals surface area contributed by atoms with Crippen molar-refractivity contribution < 1.29 is 13.2 Å². The SMILES string of the molecule is Cn1cc(S(=O)(=O)NCC(=O)NCc2ccc3c(c2)CNC3)cn1. The number of benzene rings is 1. The van der Waals surface area contributed by atoms with Crippen molar-refractivity contribution in [3.8, 4) is 0 Å². The minimum atomic E-state index is -3.73. The van der Waals surface area contributed by atoms with Crippen LogP contribution >= 0.6 is 0 Å². The third kappa shape index (κ3) is 3.81. The van der Waals surface area contributed by atoms with E-state index in [0.717, 1.165) is 18.7 Å². The van der Waals surface area contributed by atoms with E-state index < -0.39 is 10.0 Å². The number of amides is 1. The molecule has 2 heterocycles. The number of fused-ring (bicyclic) bond motifs is 1. The maximum atomic E-state index is 12.0. The van der Waals surface area contributed by atoms with Crippen LogP contribution in [0.2, 0.25) is 0 Å². The number of sulfonamides is 1. The Labute approximate surface area is 140 Å². The minimum absolute atomic E-state index is 0.0314. The van der Waals surface area contributed by atoms with E-state index in [2.05, 4.69) is 26.5 Å². The molecule has 0 saturated heterocycles. The molecule has 1 amide bonds. The lowest BCUT2D eigenvalue weighted by molar-refractivity contribution is -0.120. The molecule has 0 atom stereocenters. The summed E-state index contributed by atoms with van der Waals surface area (Å²) >= 11 is 0. The maximum absolute atomic E-state index is 12.0. The van der Waals surface area contributed by atoms with Crippen LogP contribution < -0.4 is 15.4 Å². The molecule has 3 rings (SSSR count). The Morgan fingerprint density at radius 3 is 2.88 bits per heavy atom. The summed E-state index contributed by atoms with van der Waals surface area (Å²) in [6, 6.07) is 6.06. The lowest BCUT2D eigenvalue weighted by atomic mass is 10.1. The van der Waals surface area contributed by atoms with Crippen molar-refractivity contribution in [2.45, 2.75) is 24.5 Å². The number of nitrogens with one attached hydrogen (secondary N) is 3. The molecule has 0 bridgehead atoms. The highest BCUT2D eigenvalue weighted by Gasteiger charge is 2.17. The molecule has 1 aromatic carbocycles. The third-order valence-corrected chi connectivity index (χ3v) is 5.16. The van der Waals surface area contributed by atoms with Crippen molar-refractivity contribution in [2.24, 2.45) is 7.05 Å². The number of carbonyl (C=O) groups excluding carboxylic acids is 1. The average molecular weight is 349 g/mol. The summed E-state index contributed by atoms with van der Waals surface area (Å²) in [5, 5.41) is 9.78. The van der Waals surface area contributed by atoms with E-state index in [0.29, 0.717) is 6.54 Å². The molecule has 8 nitrogen and oxygen atoms in total. The predicted molar refractivity (Wildman–Crippen MR) is 87.2 cm³/mol. The van der Waals surface area contributed by atoms with Gasteiger partial charge in [0, 0.05) is 32.9 Å². The molecule has 1 aromatic heterocycles. The van der Waals surface area contributed by atoms with Gasteiger partial charge in [-0.05, 0) is 16.7 Å². The van der Waals surface area contributed by atoms with Crippen molar-refractivity contribution in [1.29, 1.82) is 0 Å². The fourth-order valence-corrected chi connectivity index (χ4v) is 3.47. The molecule has 0 saturated carbocycles. The Hall–Kier alpha value is -2.23. The van der Waals surface area contributed by atoms with E-state index in [1.54, 1.807) is 7.05 Å².